The Bertz CT molecular complexity index is 386. The van der Waals surface area contributed by atoms with E-state index in [9.17, 15) is 4.39 Å². The Morgan fingerprint density at radius 3 is 2.65 bits per heavy atom. The normalized spacial score (nSPS) is 18.3. The second-order valence-corrected chi connectivity index (χ2v) is 4.04. The van der Waals surface area contributed by atoms with E-state index in [-0.39, 0.29) is 5.82 Å². The standard InChI is InChI=1S/C13H17FO3/c1-3-6-13(16-7-8-17-13)11-9-10(14)4-5-12(11)15-2/h4-5,9H,3,6-8H2,1-2H3. The van der Waals surface area contributed by atoms with Crippen LogP contribution in [-0.4, -0.2) is 20.3 Å². The first-order valence-corrected chi connectivity index (χ1v) is 5.84. The number of halogens is 1. The molecule has 0 radical (unpaired) electrons. The summed E-state index contributed by atoms with van der Waals surface area (Å²) in [6.45, 7) is 3.10. The number of hydrogen-bond acceptors (Lipinski definition) is 3. The smallest absolute Gasteiger partial charge is 0.198 e. The average Bonchev–Trinajstić information content (AvgIpc) is 2.79. The van der Waals surface area contributed by atoms with Crippen LogP contribution >= 0.6 is 0 Å². The van der Waals surface area contributed by atoms with Crippen LogP contribution in [0.15, 0.2) is 18.2 Å². The zero-order valence-corrected chi connectivity index (χ0v) is 10.2. The van der Waals surface area contributed by atoms with Gasteiger partial charge in [-0.05, 0) is 18.2 Å². The van der Waals surface area contributed by atoms with Crippen LogP contribution in [0.25, 0.3) is 0 Å². The molecule has 4 heteroatoms. The van der Waals surface area contributed by atoms with Crippen molar-refractivity contribution in [2.24, 2.45) is 0 Å². The topological polar surface area (TPSA) is 27.7 Å². The molecule has 0 saturated carbocycles. The molecule has 0 unspecified atom stereocenters. The summed E-state index contributed by atoms with van der Waals surface area (Å²) >= 11 is 0. The van der Waals surface area contributed by atoms with Gasteiger partial charge in [0.15, 0.2) is 5.79 Å². The van der Waals surface area contributed by atoms with Gasteiger partial charge in [0.05, 0.1) is 25.9 Å². The highest BCUT2D eigenvalue weighted by atomic mass is 19.1. The van der Waals surface area contributed by atoms with Crippen molar-refractivity contribution in [1.82, 2.24) is 0 Å². The van der Waals surface area contributed by atoms with Crippen molar-refractivity contribution >= 4 is 0 Å². The van der Waals surface area contributed by atoms with Crippen LogP contribution in [0, 0.1) is 5.82 Å². The molecule has 1 saturated heterocycles. The summed E-state index contributed by atoms with van der Waals surface area (Å²) in [4.78, 5) is 0. The molecule has 1 aromatic carbocycles. The van der Waals surface area contributed by atoms with Crippen molar-refractivity contribution in [2.75, 3.05) is 20.3 Å². The van der Waals surface area contributed by atoms with Crippen LogP contribution < -0.4 is 4.74 Å². The van der Waals surface area contributed by atoms with Crippen LogP contribution in [0.5, 0.6) is 5.75 Å². The molecule has 0 spiro atoms. The molecule has 0 atom stereocenters. The molecule has 1 aromatic rings. The number of hydrogen-bond donors (Lipinski definition) is 0. The van der Waals surface area contributed by atoms with Gasteiger partial charge in [-0.3, -0.25) is 0 Å². The quantitative estimate of drug-likeness (QED) is 0.810. The molecule has 1 heterocycles. The molecule has 1 aliphatic heterocycles. The van der Waals surface area contributed by atoms with E-state index in [0.29, 0.717) is 30.9 Å². The minimum atomic E-state index is -0.845. The largest absolute Gasteiger partial charge is 0.496 e. The third kappa shape index (κ3) is 2.28. The van der Waals surface area contributed by atoms with Crippen LogP contribution in [0.3, 0.4) is 0 Å². The summed E-state index contributed by atoms with van der Waals surface area (Å²) in [5.74, 6) is -0.556. The average molecular weight is 240 g/mol. The zero-order chi connectivity index (χ0) is 12.3. The van der Waals surface area contributed by atoms with Crippen LogP contribution in [-0.2, 0) is 15.3 Å². The molecule has 0 amide bonds. The van der Waals surface area contributed by atoms with E-state index in [1.807, 2.05) is 6.92 Å². The predicted octanol–water partition coefficient (Wildman–Crippen LogP) is 2.83. The Morgan fingerprint density at radius 1 is 1.35 bits per heavy atom. The Morgan fingerprint density at radius 2 is 2.06 bits per heavy atom. The second kappa shape index (κ2) is 5.02. The maximum Gasteiger partial charge on any atom is 0.198 e. The van der Waals surface area contributed by atoms with Gasteiger partial charge in [0, 0.05) is 6.42 Å². The first-order chi connectivity index (χ1) is 8.22. The monoisotopic (exact) mass is 240 g/mol. The van der Waals surface area contributed by atoms with Crippen molar-refractivity contribution in [3.8, 4) is 5.75 Å². The van der Waals surface area contributed by atoms with Crippen LogP contribution in [0.4, 0.5) is 4.39 Å². The molecule has 94 valence electrons. The molecule has 2 rings (SSSR count). The Kier molecular flexibility index (Phi) is 3.64. The molecule has 3 nitrogen and oxygen atoms in total. The Hall–Kier alpha value is -1.13. The summed E-state index contributed by atoms with van der Waals surface area (Å²) in [6, 6.07) is 4.41. The third-order valence-electron chi connectivity index (χ3n) is 2.90. The van der Waals surface area contributed by atoms with E-state index < -0.39 is 5.79 Å². The minimum absolute atomic E-state index is 0.310. The number of methoxy groups -OCH3 is 1. The number of benzene rings is 1. The molecule has 0 aliphatic carbocycles. The third-order valence-corrected chi connectivity index (χ3v) is 2.90. The highest BCUT2D eigenvalue weighted by Crippen LogP contribution is 2.40. The number of rotatable bonds is 4. The Labute approximate surface area is 100 Å². The van der Waals surface area contributed by atoms with Crippen molar-refractivity contribution in [3.63, 3.8) is 0 Å². The molecular weight excluding hydrogens is 223 g/mol. The number of ether oxygens (including phenoxy) is 3. The van der Waals surface area contributed by atoms with Gasteiger partial charge in [0.1, 0.15) is 11.6 Å². The lowest BCUT2D eigenvalue weighted by Crippen LogP contribution is -2.27. The molecule has 0 bridgehead atoms. The van der Waals surface area contributed by atoms with Gasteiger partial charge >= 0.3 is 0 Å². The SMILES string of the molecule is CCCC1(c2cc(F)ccc2OC)OCCO1. The molecule has 1 aliphatic rings. The Balaban J connectivity index is 2.44. The summed E-state index contributed by atoms with van der Waals surface area (Å²) in [5, 5.41) is 0. The fraction of sp³-hybridized carbons (Fsp3) is 0.538. The fourth-order valence-electron chi connectivity index (χ4n) is 2.20. The first-order valence-electron chi connectivity index (χ1n) is 5.84. The van der Waals surface area contributed by atoms with Crippen LogP contribution in [0.1, 0.15) is 25.3 Å². The van der Waals surface area contributed by atoms with Gasteiger partial charge in [0.25, 0.3) is 0 Å². The molecular formula is C13H17FO3. The lowest BCUT2D eigenvalue weighted by atomic mass is 9.99. The lowest BCUT2D eigenvalue weighted by Gasteiger charge is -2.28. The van der Waals surface area contributed by atoms with Gasteiger partial charge < -0.3 is 14.2 Å². The van der Waals surface area contributed by atoms with Gasteiger partial charge in [-0.15, -0.1) is 0 Å². The molecule has 1 fully saturated rings. The van der Waals surface area contributed by atoms with Gasteiger partial charge in [-0.25, -0.2) is 4.39 Å². The first kappa shape index (κ1) is 12.3. The highest BCUT2D eigenvalue weighted by Gasteiger charge is 2.40. The van der Waals surface area contributed by atoms with Crippen molar-refractivity contribution in [3.05, 3.63) is 29.6 Å². The fourth-order valence-corrected chi connectivity index (χ4v) is 2.20. The summed E-state index contributed by atoms with van der Waals surface area (Å²) in [7, 11) is 1.56. The van der Waals surface area contributed by atoms with Crippen molar-refractivity contribution < 1.29 is 18.6 Å². The van der Waals surface area contributed by atoms with E-state index in [1.54, 1.807) is 13.2 Å². The second-order valence-electron chi connectivity index (χ2n) is 4.04. The van der Waals surface area contributed by atoms with E-state index in [4.69, 9.17) is 14.2 Å². The van der Waals surface area contributed by atoms with Gasteiger partial charge in [0.2, 0.25) is 0 Å². The van der Waals surface area contributed by atoms with E-state index in [2.05, 4.69) is 0 Å². The summed E-state index contributed by atoms with van der Waals surface area (Å²) < 4.78 is 30.0. The van der Waals surface area contributed by atoms with E-state index in [1.165, 1.54) is 12.1 Å². The predicted molar refractivity (Wildman–Crippen MR) is 61.4 cm³/mol. The zero-order valence-electron chi connectivity index (χ0n) is 10.2. The van der Waals surface area contributed by atoms with E-state index in [0.717, 1.165) is 6.42 Å². The van der Waals surface area contributed by atoms with Crippen molar-refractivity contribution in [1.29, 1.82) is 0 Å². The van der Waals surface area contributed by atoms with Crippen molar-refractivity contribution in [2.45, 2.75) is 25.6 Å². The highest BCUT2D eigenvalue weighted by molar-refractivity contribution is 5.37. The maximum atomic E-state index is 13.4. The van der Waals surface area contributed by atoms with E-state index >= 15 is 0 Å². The molecule has 17 heavy (non-hydrogen) atoms. The van der Waals surface area contributed by atoms with Crippen LogP contribution in [0.2, 0.25) is 0 Å². The van der Waals surface area contributed by atoms with Gasteiger partial charge in [-0.2, -0.15) is 0 Å². The summed E-state index contributed by atoms with van der Waals surface area (Å²) in [6.07, 6.45) is 1.58. The lowest BCUT2D eigenvalue weighted by molar-refractivity contribution is -0.172. The summed E-state index contributed by atoms with van der Waals surface area (Å²) in [5.41, 5.74) is 0.638. The molecule has 0 aromatic heterocycles. The molecule has 0 N–H and O–H groups in total. The maximum absolute atomic E-state index is 13.4. The minimum Gasteiger partial charge on any atom is -0.496 e. The van der Waals surface area contributed by atoms with Gasteiger partial charge in [-0.1, -0.05) is 13.3 Å².